The van der Waals surface area contributed by atoms with Gasteiger partial charge in [-0.1, -0.05) is 35.9 Å². The Bertz CT molecular complexity index is 870. The predicted octanol–water partition coefficient (Wildman–Crippen LogP) is 4.74. The van der Waals surface area contributed by atoms with Crippen LogP contribution in [0.2, 0.25) is 5.02 Å². The molecule has 3 aromatic carbocycles. The van der Waals surface area contributed by atoms with Crippen molar-refractivity contribution in [1.82, 2.24) is 0 Å². The van der Waals surface area contributed by atoms with Gasteiger partial charge in [0, 0.05) is 21.4 Å². The molecule has 3 nitrogen and oxygen atoms in total. The molecule has 3 aromatic rings. The lowest BCUT2D eigenvalue weighted by molar-refractivity contribution is 0.103. The first kappa shape index (κ1) is 15.4. The maximum absolute atomic E-state index is 12.9. The molecule has 0 atom stereocenters. The van der Waals surface area contributed by atoms with Gasteiger partial charge in [-0.05, 0) is 30.3 Å². The van der Waals surface area contributed by atoms with Crippen LogP contribution in [0.25, 0.3) is 10.8 Å². The van der Waals surface area contributed by atoms with E-state index in [2.05, 4.69) is 0 Å². The van der Waals surface area contributed by atoms with E-state index in [0.717, 1.165) is 10.8 Å². The van der Waals surface area contributed by atoms with Crippen molar-refractivity contribution in [2.24, 2.45) is 0 Å². The van der Waals surface area contributed by atoms with E-state index < -0.39 is 0 Å². The van der Waals surface area contributed by atoms with Crippen LogP contribution in [0.15, 0.2) is 54.6 Å². The molecule has 0 radical (unpaired) electrons. The molecule has 4 heteroatoms. The summed E-state index contributed by atoms with van der Waals surface area (Å²) in [5, 5.41) is 2.33. The highest BCUT2D eigenvalue weighted by Crippen LogP contribution is 2.37. The third-order valence-electron chi connectivity index (χ3n) is 3.73. The first-order valence-corrected chi connectivity index (χ1v) is 7.47. The Hall–Kier alpha value is -2.52. The standard InChI is InChI=1S/C19H15ClO3/c1-22-17-11-16(18(21)12-7-9-13(20)10-8-12)19(23-2)15-6-4-3-5-14(15)17/h3-11H,1-2H3. The van der Waals surface area contributed by atoms with Gasteiger partial charge in [0.1, 0.15) is 11.5 Å². The van der Waals surface area contributed by atoms with Gasteiger partial charge in [-0.25, -0.2) is 0 Å². The van der Waals surface area contributed by atoms with Crippen molar-refractivity contribution in [3.05, 3.63) is 70.7 Å². The zero-order valence-corrected chi connectivity index (χ0v) is 13.6. The zero-order valence-electron chi connectivity index (χ0n) is 12.8. The van der Waals surface area contributed by atoms with Crippen LogP contribution in [0.1, 0.15) is 15.9 Å². The summed E-state index contributed by atoms with van der Waals surface area (Å²) in [5.74, 6) is 1.04. The van der Waals surface area contributed by atoms with E-state index in [0.29, 0.717) is 27.6 Å². The van der Waals surface area contributed by atoms with Gasteiger partial charge in [0.2, 0.25) is 0 Å². The number of ether oxygens (including phenoxy) is 2. The lowest BCUT2D eigenvalue weighted by Gasteiger charge is -2.14. The summed E-state index contributed by atoms with van der Waals surface area (Å²) in [6.45, 7) is 0. The minimum atomic E-state index is -0.137. The lowest BCUT2D eigenvalue weighted by atomic mass is 9.97. The second-order valence-electron chi connectivity index (χ2n) is 5.04. The molecule has 0 heterocycles. The van der Waals surface area contributed by atoms with Crippen molar-refractivity contribution in [1.29, 1.82) is 0 Å². The van der Waals surface area contributed by atoms with Crippen molar-refractivity contribution in [2.45, 2.75) is 0 Å². The molecule has 0 bridgehead atoms. The van der Waals surface area contributed by atoms with Gasteiger partial charge in [0.05, 0.1) is 19.8 Å². The second-order valence-corrected chi connectivity index (χ2v) is 5.48. The fraction of sp³-hybridized carbons (Fsp3) is 0.105. The Balaban J connectivity index is 2.24. The van der Waals surface area contributed by atoms with Gasteiger partial charge in [-0.15, -0.1) is 0 Å². The summed E-state index contributed by atoms with van der Waals surface area (Å²) in [7, 11) is 3.15. The fourth-order valence-electron chi connectivity index (χ4n) is 2.63. The number of halogens is 1. The van der Waals surface area contributed by atoms with Crippen LogP contribution in [-0.2, 0) is 0 Å². The van der Waals surface area contributed by atoms with Crippen LogP contribution in [0.5, 0.6) is 11.5 Å². The Morgan fingerprint density at radius 3 is 2.17 bits per heavy atom. The van der Waals surface area contributed by atoms with Crippen LogP contribution in [0.3, 0.4) is 0 Å². The highest BCUT2D eigenvalue weighted by molar-refractivity contribution is 6.30. The number of fused-ring (bicyclic) bond motifs is 1. The minimum Gasteiger partial charge on any atom is -0.496 e. The van der Waals surface area contributed by atoms with Crippen LogP contribution in [-0.4, -0.2) is 20.0 Å². The quantitative estimate of drug-likeness (QED) is 0.649. The average molecular weight is 327 g/mol. The molecule has 0 spiro atoms. The van der Waals surface area contributed by atoms with Crippen molar-refractivity contribution in [3.63, 3.8) is 0 Å². The van der Waals surface area contributed by atoms with E-state index in [1.54, 1.807) is 44.6 Å². The SMILES string of the molecule is COc1cc(C(=O)c2ccc(Cl)cc2)c(OC)c2ccccc12. The summed E-state index contributed by atoms with van der Waals surface area (Å²) in [5.41, 5.74) is 1.01. The van der Waals surface area contributed by atoms with Crippen LogP contribution in [0.4, 0.5) is 0 Å². The molecule has 0 N–H and O–H groups in total. The molecule has 23 heavy (non-hydrogen) atoms. The van der Waals surface area contributed by atoms with Crippen LogP contribution in [0, 0.1) is 0 Å². The number of methoxy groups -OCH3 is 2. The Morgan fingerprint density at radius 1 is 0.913 bits per heavy atom. The molecular weight excluding hydrogens is 312 g/mol. The molecule has 0 fully saturated rings. The average Bonchev–Trinajstić information content (AvgIpc) is 2.60. The first-order valence-electron chi connectivity index (χ1n) is 7.09. The van der Waals surface area contributed by atoms with Gasteiger partial charge >= 0.3 is 0 Å². The Kier molecular flexibility index (Phi) is 4.22. The van der Waals surface area contributed by atoms with Crippen molar-refractivity contribution >= 4 is 28.2 Å². The van der Waals surface area contributed by atoms with E-state index in [9.17, 15) is 4.79 Å². The number of rotatable bonds is 4. The molecule has 0 amide bonds. The molecule has 116 valence electrons. The van der Waals surface area contributed by atoms with E-state index in [-0.39, 0.29) is 5.78 Å². The number of benzene rings is 3. The summed E-state index contributed by atoms with van der Waals surface area (Å²) in [6, 6.07) is 16.2. The van der Waals surface area contributed by atoms with E-state index in [1.807, 2.05) is 24.3 Å². The number of carbonyl (C=O) groups excluding carboxylic acids is 1. The molecule has 0 unspecified atom stereocenters. The maximum atomic E-state index is 12.9. The third kappa shape index (κ3) is 2.76. The van der Waals surface area contributed by atoms with Crippen LogP contribution < -0.4 is 9.47 Å². The number of hydrogen-bond donors (Lipinski definition) is 0. The highest BCUT2D eigenvalue weighted by Gasteiger charge is 2.19. The largest absolute Gasteiger partial charge is 0.496 e. The van der Waals surface area contributed by atoms with E-state index in [1.165, 1.54) is 0 Å². The van der Waals surface area contributed by atoms with Crippen molar-refractivity contribution < 1.29 is 14.3 Å². The molecule has 0 aliphatic carbocycles. The Morgan fingerprint density at radius 2 is 1.57 bits per heavy atom. The van der Waals surface area contributed by atoms with Crippen molar-refractivity contribution in [2.75, 3.05) is 14.2 Å². The van der Waals surface area contributed by atoms with Gasteiger partial charge in [-0.3, -0.25) is 4.79 Å². The monoisotopic (exact) mass is 326 g/mol. The normalized spacial score (nSPS) is 10.6. The zero-order chi connectivity index (χ0) is 16.4. The topological polar surface area (TPSA) is 35.5 Å². The molecular formula is C19H15ClO3. The van der Waals surface area contributed by atoms with Gasteiger partial charge in [0.25, 0.3) is 0 Å². The summed E-state index contributed by atoms with van der Waals surface area (Å²) < 4.78 is 11.0. The highest BCUT2D eigenvalue weighted by atomic mass is 35.5. The molecule has 0 saturated carbocycles. The smallest absolute Gasteiger partial charge is 0.196 e. The van der Waals surface area contributed by atoms with Gasteiger partial charge < -0.3 is 9.47 Å². The molecule has 0 aromatic heterocycles. The molecule has 0 aliphatic rings. The number of carbonyl (C=O) groups is 1. The van der Waals surface area contributed by atoms with Crippen LogP contribution >= 0.6 is 11.6 Å². The van der Waals surface area contributed by atoms with E-state index >= 15 is 0 Å². The maximum Gasteiger partial charge on any atom is 0.196 e. The molecule has 3 rings (SSSR count). The van der Waals surface area contributed by atoms with E-state index in [4.69, 9.17) is 21.1 Å². The first-order chi connectivity index (χ1) is 11.2. The predicted molar refractivity (Wildman–Crippen MR) is 91.9 cm³/mol. The number of hydrogen-bond acceptors (Lipinski definition) is 3. The van der Waals surface area contributed by atoms with Gasteiger partial charge in [0.15, 0.2) is 5.78 Å². The summed E-state index contributed by atoms with van der Waals surface area (Å²) in [6.07, 6.45) is 0. The molecule has 0 saturated heterocycles. The fourth-order valence-corrected chi connectivity index (χ4v) is 2.76. The van der Waals surface area contributed by atoms with Crippen molar-refractivity contribution in [3.8, 4) is 11.5 Å². The van der Waals surface area contributed by atoms with Gasteiger partial charge in [-0.2, -0.15) is 0 Å². The minimum absolute atomic E-state index is 0.137. The number of ketones is 1. The summed E-state index contributed by atoms with van der Waals surface area (Å²) in [4.78, 5) is 12.9. The molecule has 0 aliphatic heterocycles. The lowest BCUT2D eigenvalue weighted by Crippen LogP contribution is -2.05. The third-order valence-corrected chi connectivity index (χ3v) is 3.98. The Labute approximate surface area is 139 Å². The summed E-state index contributed by atoms with van der Waals surface area (Å²) >= 11 is 5.89. The second kappa shape index (κ2) is 6.31.